The zero-order valence-electron chi connectivity index (χ0n) is 6.68. The van der Waals surface area contributed by atoms with E-state index in [0.717, 1.165) is 0 Å². The Morgan fingerprint density at radius 3 is 2.71 bits per heavy atom. The first-order valence-corrected chi connectivity index (χ1v) is 6.25. The lowest BCUT2D eigenvalue weighted by atomic mass is 10.5. The SMILES string of the molecule is O=S(=O)(Cl)c1ccc2c(Cl)nccn12. The summed E-state index contributed by atoms with van der Waals surface area (Å²) in [6, 6.07) is 2.93. The lowest BCUT2D eigenvalue weighted by molar-refractivity contribution is 0.605. The van der Waals surface area contributed by atoms with E-state index in [9.17, 15) is 8.42 Å². The molecule has 2 rings (SSSR count). The normalized spacial score (nSPS) is 12.1. The van der Waals surface area contributed by atoms with Crippen LogP contribution < -0.4 is 0 Å². The van der Waals surface area contributed by atoms with Crippen LogP contribution >= 0.6 is 22.3 Å². The van der Waals surface area contributed by atoms with Crippen LogP contribution in [0.3, 0.4) is 0 Å². The van der Waals surface area contributed by atoms with Gasteiger partial charge < -0.3 is 4.40 Å². The fraction of sp³-hybridized carbons (Fsp3) is 0. The minimum atomic E-state index is -3.75. The molecule has 0 saturated heterocycles. The van der Waals surface area contributed by atoms with Gasteiger partial charge in [0, 0.05) is 23.1 Å². The summed E-state index contributed by atoms with van der Waals surface area (Å²) in [7, 11) is 1.47. The minimum absolute atomic E-state index is 0.0153. The van der Waals surface area contributed by atoms with Crippen LogP contribution in [0.1, 0.15) is 0 Å². The van der Waals surface area contributed by atoms with E-state index in [4.69, 9.17) is 22.3 Å². The number of aromatic nitrogens is 2. The Hall–Kier alpha value is -0.780. The van der Waals surface area contributed by atoms with Gasteiger partial charge >= 0.3 is 0 Å². The van der Waals surface area contributed by atoms with Crippen molar-refractivity contribution in [3.63, 3.8) is 0 Å². The molecule has 0 amide bonds. The van der Waals surface area contributed by atoms with Crippen LogP contribution in [0.25, 0.3) is 5.52 Å². The van der Waals surface area contributed by atoms with Gasteiger partial charge in [-0.15, -0.1) is 0 Å². The van der Waals surface area contributed by atoms with Gasteiger partial charge in [-0.2, -0.15) is 0 Å². The smallest absolute Gasteiger partial charge is 0.277 e. The molecular formula is C7H4Cl2N2O2S. The molecular weight excluding hydrogens is 247 g/mol. The Morgan fingerprint density at radius 1 is 1.36 bits per heavy atom. The molecule has 0 fully saturated rings. The van der Waals surface area contributed by atoms with Crippen LogP contribution in [-0.2, 0) is 9.05 Å². The third-order valence-electron chi connectivity index (χ3n) is 1.75. The molecule has 0 aliphatic rings. The van der Waals surface area contributed by atoms with E-state index in [0.29, 0.717) is 5.52 Å². The van der Waals surface area contributed by atoms with Gasteiger partial charge in [-0.25, -0.2) is 13.4 Å². The summed E-state index contributed by atoms with van der Waals surface area (Å²) >= 11 is 5.75. The lowest BCUT2D eigenvalue weighted by Gasteiger charge is -1.98. The van der Waals surface area contributed by atoms with E-state index < -0.39 is 9.05 Å². The van der Waals surface area contributed by atoms with Crippen LogP contribution in [-0.4, -0.2) is 17.8 Å². The molecule has 0 unspecified atom stereocenters. The summed E-state index contributed by atoms with van der Waals surface area (Å²) < 4.78 is 23.6. The van der Waals surface area contributed by atoms with E-state index in [1.807, 2.05) is 0 Å². The molecule has 0 atom stereocenters. The van der Waals surface area contributed by atoms with Crippen molar-refractivity contribution in [1.29, 1.82) is 0 Å². The Morgan fingerprint density at radius 2 is 2.07 bits per heavy atom. The highest BCUT2D eigenvalue weighted by Crippen LogP contribution is 2.22. The molecule has 2 aromatic rings. The fourth-order valence-electron chi connectivity index (χ4n) is 1.18. The van der Waals surface area contributed by atoms with E-state index in [2.05, 4.69) is 4.98 Å². The van der Waals surface area contributed by atoms with E-state index >= 15 is 0 Å². The van der Waals surface area contributed by atoms with Gasteiger partial charge in [0.1, 0.15) is 0 Å². The summed E-state index contributed by atoms with van der Waals surface area (Å²) in [5.74, 6) is 0. The van der Waals surface area contributed by atoms with Crippen LogP contribution in [0.5, 0.6) is 0 Å². The molecule has 74 valence electrons. The Balaban J connectivity index is 2.90. The van der Waals surface area contributed by atoms with Gasteiger partial charge in [0.15, 0.2) is 10.2 Å². The van der Waals surface area contributed by atoms with Gasteiger partial charge in [0.25, 0.3) is 9.05 Å². The zero-order valence-corrected chi connectivity index (χ0v) is 9.01. The average molecular weight is 251 g/mol. The fourth-order valence-corrected chi connectivity index (χ4v) is 2.39. The van der Waals surface area contributed by atoms with Crippen LogP contribution in [0.2, 0.25) is 5.15 Å². The van der Waals surface area contributed by atoms with Crippen LogP contribution in [0.15, 0.2) is 29.6 Å². The molecule has 2 aromatic heterocycles. The first-order valence-electron chi connectivity index (χ1n) is 3.56. The molecule has 0 spiro atoms. The maximum Gasteiger partial charge on any atom is 0.277 e. The van der Waals surface area contributed by atoms with Crippen molar-refractivity contribution in [3.05, 3.63) is 29.7 Å². The van der Waals surface area contributed by atoms with Gasteiger partial charge in [0.2, 0.25) is 0 Å². The van der Waals surface area contributed by atoms with Gasteiger partial charge in [-0.05, 0) is 12.1 Å². The van der Waals surface area contributed by atoms with Crippen molar-refractivity contribution in [3.8, 4) is 0 Å². The zero-order chi connectivity index (χ0) is 10.3. The van der Waals surface area contributed by atoms with Crippen LogP contribution in [0, 0.1) is 0 Å². The summed E-state index contributed by atoms with van der Waals surface area (Å²) in [6.07, 6.45) is 2.89. The van der Waals surface area contributed by atoms with Gasteiger partial charge in [-0.1, -0.05) is 11.6 Å². The molecule has 0 N–H and O–H groups in total. The Labute approximate surface area is 89.5 Å². The Kier molecular flexibility index (Phi) is 2.17. The first-order chi connectivity index (χ1) is 6.50. The standard InChI is InChI=1S/C7H4Cl2N2O2S/c8-7-5-1-2-6(14(9,12)13)11(5)4-3-10-7/h1-4H. The molecule has 0 bridgehead atoms. The second kappa shape index (κ2) is 3.12. The lowest BCUT2D eigenvalue weighted by Crippen LogP contribution is -1.97. The van der Waals surface area contributed by atoms with Gasteiger partial charge in [-0.3, -0.25) is 0 Å². The number of halogens is 2. The topological polar surface area (TPSA) is 51.4 Å². The van der Waals surface area contributed by atoms with Crippen molar-refractivity contribution in [2.24, 2.45) is 0 Å². The van der Waals surface area contributed by atoms with E-state index in [-0.39, 0.29) is 10.2 Å². The van der Waals surface area contributed by atoms with Crippen molar-refractivity contribution >= 4 is 36.9 Å². The summed E-state index contributed by atoms with van der Waals surface area (Å²) in [4.78, 5) is 3.81. The van der Waals surface area contributed by atoms with Crippen molar-refractivity contribution < 1.29 is 8.42 Å². The first kappa shape index (κ1) is 9.76. The third kappa shape index (κ3) is 1.47. The van der Waals surface area contributed by atoms with E-state index in [1.165, 1.54) is 22.9 Å². The van der Waals surface area contributed by atoms with Crippen LogP contribution in [0.4, 0.5) is 0 Å². The monoisotopic (exact) mass is 250 g/mol. The molecule has 0 aliphatic heterocycles. The van der Waals surface area contributed by atoms with Crippen molar-refractivity contribution in [2.75, 3.05) is 0 Å². The minimum Gasteiger partial charge on any atom is -0.302 e. The Bertz CT molecular complexity index is 591. The van der Waals surface area contributed by atoms with E-state index in [1.54, 1.807) is 6.07 Å². The van der Waals surface area contributed by atoms with Crippen molar-refractivity contribution in [2.45, 2.75) is 5.03 Å². The second-order valence-electron chi connectivity index (χ2n) is 2.58. The van der Waals surface area contributed by atoms with Crippen molar-refractivity contribution in [1.82, 2.24) is 9.38 Å². The molecule has 0 saturated carbocycles. The molecule has 0 radical (unpaired) electrons. The largest absolute Gasteiger partial charge is 0.302 e. The predicted octanol–water partition coefficient (Wildman–Crippen LogP) is 1.92. The number of rotatable bonds is 1. The second-order valence-corrected chi connectivity index (χ2v) is 5.45. The highest BCUT2D eigenvalue weighted by Gasteiger charge is 2.15. The molecule has 4 nitrogen and oxygen atoms in total. The quantitative estimate of drug-likeness (QED) is 0.727. The molecule has 7 heteroatoms. The number of hydrogen-bond acceptors (Lipinski definition) is 3. The number of fused-ring (bicyclic) bond motifs is 1. The molecule has 14 heavy (non-hydrogen) atoms. The highest BCUT2D eigenvalue weighted by atomic mass is 35.7. The third-order valence-corrected chi connectivity index (χ3v) is 3.34. The molecule has 0 aromatic carbocycles. The molecule has 0 aliphatic carbocycles. The molecule has 2 heterocycles. The summed E-state index contributed by atoms with van der Waals surface area (Å²) in [5.41, 5.74) is 0.508. The number of hydrogen-bond donors (Lipinski definition) is 0. The highest BCUT2D eigenvalue weighted by molar-refractivity contribution is 8.13. The number of nitrogens with zero attached hydrogens (tertiary/aromatic N) is 2. The van der Waals surface area contributed by atoms with Gasteiger partial charge in [0.05, 0.1) is 5.52 Å². The summed E-state index contributed by atoms with van der Waals surface area (Å²) in [6.45, 7) is 0. The average Bonchev–Trinajstić information content (AvgIpc) is 2.47. The summed E-state index contributed by atoms with van der Waals surface area (Å²) in [5, 5.41) is 0.220. The maximum absolute atomic E-state index is 11.1. The predicted molar refractivity (Wildman–Crippen MR) is 53.2 cm³/mol. The maximum atomic E-state index is 11.1.